The fraction of sp³-hybridized carbons (Fsp3) is 0.235. The molecule has 1 aliphatic rings. The van der Waals surface area contributed by atoms with E-state index in [1.807, 2.05) is 0 Å². The second kappa shape index (κ2) is 6.26. The third kappa shape index (κ3) is 3.27. The van der Waals surface area contributed by atoms with Crippen molar-refractivity contribution in [2.24, 2.45) is 0 Å². The summed E-state index contributed by atoms with van der Waals surface area (Å²) < 4.78 is 24.2. The van der Waals surface area contributed by atoms with Crippen LogP contribution in [0.3, 0.4) is 0 Å². The zero-order chi connectivity index (χ0) is 16.4. The predicted octanol–water partition coefficient (Wildman–Crippen LogP) is 2.90. The summed E-state index contributed by atoms with van der Waals surface area (Å²) in [5, 5.41) is 12.6. The zero-order valence-electron chi connectivity index (χ0n) is 12.5. The summed E-state index contributed by atoms with van der Waals surface area (Å²) in [7, 11) is 0. The number of halogens is 1. The van der Waals surface area contributed by atoms with E-state index in [1.165, 1.54) is 18.2 Å². The van der Waals surface area contributed by atoms with E-state index in [1.54, 1.807) is 19.1 Å². The fourth-order valence-electron chi connectivity index (χ4n) is 2.38. The highest BCUT2D eigenvalue weighted by Gasteiger charge is 2.20. The van der Waals surface area contributed by atoms with Gasteiger partial charge in [-0.1, -0.05) is 6.07 Å². The number of aliphatic hydroxyl groups is 1. The summed E-state index contributed by atoms with van der Waals surface area (Å²) in [4.78, 5) is 12.3. The minimum absolute atomic E-state index is 0.191. The van der Waals surface area contributed by atoms with E-state index in [0.717, 1.165) is 6.07 Å². The second-order valence-corrected chi connectivity index (χ2v) is 5.22. The Kier molecular flexibility index (Phi) is 4.16. The van der Waals surface area contributed by atoms with E-state index in [0.29, 0.717) is 36.0 Å². The molecule has 120 valence electrons. The number of hydrogen-bond donors (Lipinski definition) is 2. The van der Waals surface area contributed by atoms with Gasteiger partial charge in [0.05, 0.1) is 11.8 Å². The van der Waals surface area contributed by atoms with Crippen molar-refractivity contribution in [3.8, 4) is 11.5 Å². The summed E-state index contributed by atoms with van der Waals surface area (Å²) in [5.74, 6) is 0.0600. The lowest BCUT2D eigenvalue weighted by atomic mass is 10.1. The van der Waals surface area contributed by atoms with Gasteiger partial charge in [0.2, 0.25) is 0 Å². The highest BCUT2D eigenvalue weighted by Crippen LogP contribution is 2.38. The Morgan fingerprint density at radius 3 is 2.57 bits per heavy atom. The van der Waals surface area contributed by atoms with Gasteiger partial charge in [-0.05, 0) is 31.2 Å². The number of fused-ring (bicyclic) bond motifs is 1. The minimum atomic E-state index is -0.811. The summed E-state index contributed by atoms with van der Waals surface area (Å²) in [6.45, 7) is 2.43. The van der Waals surface area contributed by atoms with Crippen molar-refractivity contribution < 1.29 is 23.8 Å². The Labute approximate surface area is 132 Å². The molecular weight excluding hydrogens is 301 g/mol. The monoisotopic (exact) mass is 317 g/mol. The molecule has 1 amide bonds. The van der Waals surface area contributed by atoms with Crippen molar-refractivity contribution in [3.05, 3.63) is 53.3 Å². The predicted molar refractivity (Wildman–Crippen MR) is 82.4 cm³/mol. The summed E-state index contributed by atoms with van der Waals surface area (Å²) in [6.07, 6.45) is -0.811. The summed E-state index contributed by atoms with van der Waals surface area (Å²) in [6, 6.07) is 8.63. The molecule has 2 aromatic rings. The minimum Gasteiger partial charge on any atom is -0.486 e. The van der Waals surface area contributed by atoms with E-state index in [2.05, 4.69) is 5.32 Å². The number of aliphatic hydroxyl groups excluding tert-OH is 1. The van der Waals surface area contributed by atoms with Crippen LogP contribution in [0.25, 0.3) is 0 Å². The van der Waals surface area contributed by atoms with Crippen molar-refractivity contribution in [1.29, 1.82) is 0 Å². The average molecular weight is 317 g/mol. The molecule has 5 nitrogen and oxygen atoms in total. The van der Waals surface area contributed by atoms with Crippen LogP contribution >= 0.6 is 0 Å². The van der Waals surface area contributed by atoms with Crippen molar-refractivity contribution >= 4 is 11.6 Å². The molecule has 2 N–H and O–H groups in total. The van der Waals surface area contributed by atoms with Crippen LogP contribution in [0.15, 0.2) is 36.4 Å². The standard InChI is InChI=1S/C17H16FNO4/c1-10(20)13-8-15-16(23-6-5-22-15)9-14(13)19-17(21)11-3-2-4-12(18)7-11/h2-4,7-10,20H,5-6H2,1H3,(H,19,21)/t10-/m1/s1. The van der Waals surface area contributed by atoms with Crippen molar-refractivity contribution in [2.75, 3.05) is 18.5 Å². The average Bonchev–Trinajstić information content (AvgIpc) is 2.54. The van der Waals surface area contributed by atoms with E-state index in [9.17, 15) is 14.3 Å². The van der Waals surface area contributed by atoms with Gasteiger partial charge in [0.15, 0.2) is 11.5 Å². The maximum absolute atomic E-state index is 13.2. The van der Waals surface area contributed by atoms with Gasteiger partial charge < -0.3 is 19.9 Å². The van der Waals surface area contributed by atoms with Gasteiger partial charge >= 0.3 is 0 Å². The van der Waals surface area contributed by atoms with Gasteiger partial charge in [0.25, 0.3) is 5.91 Å². The van der Waals surface area contributed by atoms with Gasteiger partial charge in [0.1, 0.15) is 19.0 Å². The van der Waals surface area contributed by atoms with Gasteiger partial charge in [-0.15, -0.1) is 0 Å². The van der Waals surface area contributed by atoms with Crippen LogP contribution < -0.4 is 14.8 Å². The molecule has 0 unspecified atom stereocenters. The van der Waals surface area contributed by atoms with E-state index >= 15 is 0 Å². The number of benzene rings is 2. The molecule has 0 saturated heterocycles. The molecule has 1 atom stereocenters. The number of carbonyl (C=O) groups is 1. The molecule has 0 spiro atoms. The van der Waals surface area contributed by atoms with Crippen molar-refractivity contribution in [3.63, 3.8) is 0 Å². The lowest BCUT2D eigenvalue weighted by Gasteiger charge is -2.22. The molecule has 0 bridgehead atoms. The lowest BCUT2D eigenvalue weighted by molar-refractivity contribution is 0.102. The fourth-order valence-corrected chi connectivity index (χ4v) is 2.38. The van der Waals surface area contributed by atoms with Crippen LogP contribution in [0.2, 0.25) is 0 Å². The molecule has 1 aliphatic heterocycles. The van der Waals surface area contributed by atoms with Crippen molar-refractivity contribution in [2.45, 2.75) is 13.0 Å². The molecule has 0 aliphatic carbocycles. The Balaban J connectivity index is 1.93. The first-order valence-corrected chi connectivity index (χ1v) is 7.23. The quantitative estimate of drug-likeness (QED) is 0.913. The van der Waals surface area contributed by atoms with E-state index < -0.39 is 17.8 Å². The third-order valence-electron chi connectivity index (χ3n) is 3.50. The van der Waals surface area contributed by atoms with Crippen LogP contribution in [0.4, 0.5) is 10.1 Å². The molecule has 1 heterocycles. The number of rotatable bonds is 3. The number of amides is 1. The highest BCUT2D eigenvalue weighted by molar-refractivity contribution is 6.04. The molecule has 3 rings (SSSR count). The maximum atomic E-state index is 13.2. The topological polar surface area (TPSA) is 67.8 Å². The maximum Gasteiger partial charge on any atom is 0.255 e. The molecule has 2 aromatic carbocycles. The van der Waals surface area contributed by atoms with Gasteiger partial charge in [-0.3, -0.25) is 4.79 Å². The lowest BCUT2D eigenvalue weighted by Crippen LogP contribution is -2.18. The number of hydrogen-bond acceptors (Lipinski definition) is 4. The highest BCUT2D eigenvalue weighted by atomic mass is 19.1. The summed E-state index contributed by atoms with van der Waals surface area (Å²) >= 11 is 0. The van der Waals surface area contributed by atoms with Crippen LogP contribution in [0, 0.1) is 5.82 Å². The number of carbonyl (C=O) groups excluding carboxylic acids is 1. The van der Waals surface area contributed by atoms with Crippen LogP contribution in [0.1, 0.15) is 28.9 Å². The van der Waals surface area contributed by atoms with Crippen LogP contribution in [0.5, 0.6) is 11.5 Å². The van der Waals surface area contributed by atoms with E-state index in [-0.39, 0.29) is 5.56 Å². The first-order valence-electron chi connectivity index (χ1n) is 7.23. The second-order valence-electron chi connectivity index (χ2n) is 5.22. The number of anilines is 1. The third-order valence-corrected chi connectivity index (χ3v) is 3.50. The number of ether oxygens (including phenoxy) is 2. The normalized spacial score (nSPS) is 14.2. The van der Waals surface area contributed by atoms with Gasteiger partial charge in [0, 0.05) is 17.2 Å². The van der Waals surface area contributed by atoms with Gasteiger partial charge in [-0.2, -0.15) is 0 Å². The van der Waals surface area contributed by atoms with Crippen LogP contribution in [-0.4, -0.2) is 24.2 Å². The smallest absolute Gasteiger partial charge is 0.255 e. The first-order chi connectivity index (χ1) is 11.0. The summed E-state index contributed by atoms with van der Waals surface area (Å²) in [5.41, 5.74) is 1.09. The molecule has 0 fully saturated rings. The number of nitrogens with one attached hydrogen (secondary N) is 1. The largest absolute Gasteiger partial charge is 0.486 e. The Morgan fingerprint density at radius 1 is 1.22 bits per heavy atom. The SMILES string of the molecule is C[C@@H](O)c1cc2c(cc1NC(=O)c1cccc(F)c1)OCCO2. The molecule has 23 heavy (non-hydrogen) atoms. The van der Waals surface area contributed by atoms with Gasteiger partial charge in [-0.25, -0.2) is 4.39 Å². The van der Waals surface area contributed by atoms with E-state index in [4.69, 9.17) is 9.47 Å². The molecule has 6 heteroatoms. The Bertz CT molecular complexity index is 745. The van der Waals surface area contributed by atoms with Crippen LogP contribution in [-0.2, 0) is 0 Å². The molecular formula is C17H16FNO4. The zero-order valence-corrected chi connectivity index (χ0v) is 12.5. The Morgan fingerprint density at radius 2 is 1.91 bits per heavy atom. The van der Waals surface area contributed by atoms with Crippen molar-refractivity contribution in [1.82, 2.24) is 0 Å². The first kappa shape index (κ1) is 15.3. The molecule has 0 radical (unpaired) electrons. The molecule has 0 saturated carbocycles. The Hall–Kier alpha value is -2.60. The molecule has 0 aromatic heterocycles.